The number of nitrogens with zero attached hydrogens (tertiary/aromatic N) is 4. The summed E-state index contributed by atoms with van der Waals surface area (Å²) in [6.07, 6.45) is 4.75. The summed E-state index contributed by atoms with van der Waals surface area (Å²) in [5.74, 6) is 1.07. The van der Waals surface area contributed by atoms with E-state index in [0.29, 0.717) is 18.3 Å². The number of hydrogen-bond acceptors (Lipinski definition) is 5. The summed E-state index contributed by atoms with van der Waals surface area (Å²) >= 11 is 0. The number of ether oxygens (including phenoxy) is 1. The van der Waals surface area contributed by atoms with Gasteiger partial charge in [0.1, 0.15) is 5.52 Å². The number of likely N-dealkylation sites (tertiary alicyclic amines) is 1. The van der Waals surface area contributed by atoms with E-state index in [1.807, 2.05) is 36.4 Å². The fourth-order valence-corrected chi connectivity index (χ4v) is 3.92. The summed E-state index contributed by atoms with van der Waals surface area (Å²) in [4.78, 5) is 22.6. The topological polar surface area (TPSA) is 86.3 Å². The summed E-state index contributed by atoms with van der Waals surface area (Å²) in [6, 6.07) is 8.04. The molecule has 1 amide bonds. The lowest BCUT2D eigenvalue weighted by Gasteiger charge is -2.31. The van der Waals surface area contributed by atoms with Crippen molar-refractivity contribution < 1.29 is 9.53 Å². The quantitative estimate of drug-likeness (QED) is 0.763. The molecule has 1 aliphatic rings. The van der Waals surface area contributed by atoms with Crippen LogP contribution >= 0.6 is 0 Å². The lowest BCUT2D eigenvalue weighted by atomic mass is 9.94. The number of imidazole rings is 1. The summed E-state index contributed by atoms with van der Waals surface area (Å²) in [5.41, 5.74) is 8.83. The smallest absolute Gasteiger partial charge is 0.409 e. The SMILES string of the molecule is CCOC(=O)N1CCC(CCn2cnc3c(N)nc4ccccc4c32)CC1. The molecule has 0 bridgehead atoms. The van der Waals surface area contributed by atoms with Gasteiger partial charge in [0.2, 0.25) is 0 Å². The number of carbonyl (C=O) groups excluding carboxylic acids is 1. The van der Waals surface area contributed by atoms with Crippen LogP contribution in [0.4, 0.5) is 10.6 Å². The van der Waals surface area contributed by atoms with Crippen LogP contribution < -0.4 is 5.73 Å². The van der Waals surface area contributed by atoms with Gasteiger partial charge in [0.05, 0.1) is 24.0 Å². The molecule has 142 valence electrons. The van der Waals surface area contributed by atoms with Crippen LogP contribution in [0.25, 0.3) is 21.9 Å². The molecule has 2 N–H and O–H groups in total. The number of fused-ring (bicyclic) bond motifs is 3. The van der Waals surface area contributed by atoms with Crippen molar-refractivity contribution in [3.8, 4) is 0 Å². The van der Waals surface area contributed by atoms with Gasteiger partial charge in [-0.15, -0.1) is 0 Å². The maximum absolute atomic E-state index is 11.8. The second kappa shape index (κ2) is 7.42. The predicted molar refractivity (Wildman–Crippen MR) is 105 cm³/mol. The van der Waals surface area contributed by atoms with Gasteiger partial charge in [0.15, 0.2) is 5.82 Å². The van der Waals surface area contributed by atoms with Gasteiger partial charge in [-0.05, 0) is 38.2 Å². The maximum atomic E-state index is 11.8. The third-order valence-corrected chi connectivity index (χ3v) is 5.40. The molecular weight excluding hydrogens is 342 g/mol. The molecule has 7 heteroatoms. The predicted octanol–water partition coefficient (Wildman–Crippen LogP) is 3.43. The van der Waals surface area contributed by atoms with E-state index in [4.69, 9.17) is 10.5 Å². The van der Waals surface area contributed by atoms with Crippen molar-refractivity contribution in [1.29, 1.82) is 0 Å². The number of amides is 1. The molecule has 0 spiro atoms. The minimum Gasteiger partial charge on any atom is -0.450 e. The van der Waals surface area contributed by atoms with E-state index < -0.39 is 0 Å². The largest absolute Gasteiger partial charge is 0.450 e. The number of nitrogen functional groups attached to an aromatic ring is 1. The average molecular weight is 367 g/mol. The van der Waals surface area contributed by atoms with E-state index >= 15 is 0 Å². The Morgan fingerprint density at radius 3 is 2.85 bits per heavy atom. The number of anilines is 1. The first-order valence-corrected chi connectivity index (χ1v) is 9.58. The highest BCUT2D eigenvalue weighted by atomic mass is 16.6. The zero-order valence-electron chi connectivity index (χ0n) is 15.6. The van der Waals surface area contributed by atoms with Crippen molar-refractivity contribution >= 4 is 33.8 Å². The highest BCUT2D eigenvalue weighted by molar-refractivity contribution is 6.06. The van der Waals surface area contributed by atoms with Crippen molar-refractivity contribution in [1.82, 2.24) is 19.4 Å². The molecule has 0 atom stereocenters. The van der Waals surface area contributed by atoms with Crippen molar-refractivity contribution in [3.63, 3.8) is 0 Å². The number of aryl methyl sites for hydroxylation is 1. The first-order chi connectivity index (χ1) is 13.2. The monoisotopic (exact) mass is 367 g/mol. The van der Waals surface area contributed by atoms with Gasteiger partial charge in [0.25, 0.3) is 0 Å². The fourth-order valence-electron chi connectivity index (χ4n) is 3.92. The van der Waals surface area contributed by atoms with E-state index in [2.05, 4.69) is 20.6 Å². The minimum atomic E-state index is -0.189. The molecule has 0 aliphatic carbocycles. The molecule has 1 aromatic carbocycles. The van der Waals surface area contributed by atoms with Crippen LogP contribution in [0, 0.1) is 5.92 Å². The van der Waals surface area contributed by atoms with Crippen molar-refractivity contribution in [3.05, 3.63) is 30.6 Å². The highest BCUT2D eigenvalue weighted by Crippen LogP contribution is 2.28. The first-order valence-electron chi connectivity index (χ1n) is 9.58. The van der Waals surface area contributed by atoms with Gasteiger partial charge in [-0.2, -0.15) is 0 Å². The Hall–Kier alpha value is -2.83. The van der Waals surface area contributed by atoms with Gasteiger partial charge in [-0.3, -0.25) is 0 Å². The number of para-hydroxylation sites is 1. The minimum absolute atomic E-state index is 0.189. The molecule has 0 radical (unpaired) electrons. The number of pyridine rings is 1. The molecule has 3 aromatic rings. The third-order valence-electron chi connectivity index (χ3n) is 5.40. The molecule has 1 saturated heterocycles. The Labute approximate surface area is 158 Å². The van der Waals surface area contributed by atoms with Gasteiger partial charge in [-0.25, -0.2) is 14.8 Å². The molecule has 27 heavy (non-hydrogen) atoms. The van der Waals surface area contributed by atoms with Gasteiger partial charge >= 0.3 is 6.09 Å². The van der Waals surface area contributed by atoms with Gasteiger partial charge in [0, 0.05) is 25.0 Å². The summed E-state index contributed by atoms with van der Waals surface area (Å²) < 4.78 is 7.28. The van der Waals surface area contributed by atoms with Crippen LogP contribution in [-0.2, 0) is 11.3 Å². The third kappa shape index (κ3) is 3.41. The standard InChI is InChI=1S/C20H25N5O2/c1-2-27-20(26)24-10-7-14(8-11-24)9-12-25-13-22-17-18(25)15-5-3-4-6-16(15)23-19(17)21/h3-6,13-14H,2,7-12H2,1H3,(H2,21,23). The number of rotatable bonds is 4. The molecule has 4 rings (SSSR count). The molecule has 2 aromatic heterocycles. The Kier molecular flexibility index (Phi) is 4.83. The number of hydrogen-bond donors (Lipinski definition) is 1. The number of aromatic nitrogens is 3. The van der Waals surface area contributed by atoms with Crippen LogP contribution in [-0.4, -0.2) is 45.2 Å². The van der Waals surface area contributed by atoms with Crippen LogP contribution in [0.5, 0.6) is 0 Å². The second-order valence-corrected chi connectivity index (χ2v) is 7.07. The van der Waals surface area contributed by atoms with Crippen LogP contribution in [0.2, 0.25) is 0 Å². The van der Waals surface area contributed by atoms with Crippen LogP contribution in [0.3, 0.4) is 0 Å². The van der Waals surface area contributed by atoms with E-state index in [1.165, 1.54) is 0 Å². The van der Waals surface area contributed by atoms with E-state index in [9.17, 15) is 4.79 Å². The number of carbonyl (C=O) groups is 1. The maximum Gasteiger partial charge on any atom is 0.409 e. The highest BCUT2D eigenvalue weighted by Gasteiger charge is 2.23. The van der Waals surface area contributed by atoms with Crippen LogP contribution in [0.15, 0.2) is 30.6 Å². The second-order valence-electron chi connectivity index (χ2n) is 7.07. The Balaban J connectivity index is 1.47. The Morgan fingerprint density at radius 1 is 1.30 bits per heavy atom. The van der Waals surface area contributed by atoms with Crippen LogP contribution in [0.1, 0.15) is 26.2 Å². The van der Waals surface area contributed by atoms with E-state index in [-0.39, 0.29) is 6.09 Å². The number of benzene rings is 1. The van der Waals surface area contributed by atoms with Gasteiger partial charge in [-0.1, -0.05) is 18.2 Å². The first kappa shape index (κ1) is 17.6. The van der Waals surface area contributed by atoms with Crippen molar-refractivity contribution in [2.24, 2.45) is 5.92 Å². The summed E-state index contributed by atoms with van der Waals surface area (Å²) in [5, 5.41) is 1.08. The summed E-state index contributed by atoms with van der Waals surface area (Å²) in [7, 11) is 0. The molecule has 1 aliphatic heterocycles. The van der Waals surface area contributed by atoms with Crippen molar-refractivity contribution in [2.45, 2.75) is 32.7 Å². The fraction of sp³-hybridized carbons (Fsp3) is 0.450. The number of nitrogens with two attached hydrogens (primary N) is 1. The van der Waals surface area contributed by atoms with E-state index in [0.717, 1.165) is 60.8 Å². The normalized spacial score (nSPS) is 15.5. The average Bonchev–Trinajstić information content (AvgIpc) is 3.12. The molecular formula is C20H25N5O2. The Bertz CT molecular complexity index is 960. The number of piperidine rings is 1. The molecule has 0 saturated carbocycles. The Morgan fingerprint density at radius 2 is 2.07 bits per heavy atom. The zero-order valence-corrected chi connectivity index (χ0v) is 15.6. The molecule has 1 fully saturated rings. The van der Waals surface area contributed by atoms with E-state index in [1.54, 1.807) is 0 Å². The lowest BCUT2D eigenvalue weighted by Crippen LogP contribution is -2.39. The summed E-state index contributed by atoms with van der Waals surface area (Å²) in [6.45, 7) is 4.69. The van der Waals surface area contributed by atoms with Gasteiger partial charge < -0.3 is 19.9 Å². The van der Waals surface area contributed by atoms with Crippen molar-refractivity contribution in [2.75, 3.05) is 25.4 Å². The molecule has 0 unspecified atom stereocenters. The zero-order chi connectivity index (χ0) is 18.8. The molecule has 3 heterocycles. The lowest BCUT2D eigenvalue weighted by molar-refractivity contribution is 0.0905. The molecule has 7 nitrogen and oxygen atoms in total.